The van der Waals surface area contributed by atoms with Crippen molar-refractivity contribution in [2.24, 2.45) is 5.41 Å². The van der Waals surface area contributed by atoms with Crippen LogP contribution in [0.3, 0.4) is 0 Å². The van der Waals surface area contributed by atoms with E-state index in [2.05, 4.69) is 5.32 Å². The Morgan fingerprint density at radius 1 is 1.37 bits per heavy atom. The van der Waals surface area contributed by atoms with E-state index in [1.54, 1.807) is 0 Å². The number of ketones is 1. The molecule has 0 bridgehead atoms. The highest BCUT2D eigenvalue weighted by atomic mass is 19.4. The Bertz CT molecular complexity index is 476. The van der Waals surface area contributed by atoms with Crippen molar-refractivity contribution in [3.05, 3.63) is 35.4 Å². The number of alkyl halides is 3. The van der Waals surface area contributed by atoms with Gasteiger partial charge < -0.3 is 5.32 Å². The van der Waals surface area contributed by atoms with E-state index < -0.39 is 17.2 Å². The number of benzene rings is 1. The van der Waals surface area contributed by atoms with Gasteiger partial charge in [0, 0.05) is 17.5 Å². The van der Waals surface area contributed by atoms with E-state index in [-0.39, 0.29) is 11.3 Å². The molecule has 0 spiro atoms. The van der Waals surface area contributed by atoms with E-state index in [4.69, 9.17) is 0 Å². The molecule has 19 heavy (non-hydrogen) atoms. The maximum absolute atomic E-state index is 12.6. The van der Waals surface area contributed by atoms with Crippen molar-refractivity contribution in [1.29, 1.82) is 0 Å². The summed E-state index contributed by atoms with van der Waals surface area (Å²) in [4.78, 5) is 12.4. The van der Waals surface area contributed by atoms with E-state index in [0.717, 1.165) is 25.1 Å². The molecule has 1 N–H and O–H groups in total. The van der Waals surface area contributed by atoms with Crippen LogP contribution in [0.2, 0.25) is 0 Å². The maximum Gasteiger partial charge on any atom is 0.416 e. The topological polar surface area (TPSA) is 29.1 Å². The lowest BCUT2D eigenvalue weighted by molar-refractivity contribution is -0.137. The van der Waals surface area contributed by atoms with Crippen molar-refractivity contribution in [2.45, 2.75) is 25.9 Å². The number of carbonyl (C=O) groups excluding carboxylic acids is 1. The normalized spacial score (nSPS) is 24.2. The van der Waals surface area contributed by atoms with Gasteiger partial charge in [0.15, 0.2) is 5.78 Å². The molecule has 1 fully saturated rings. The second-order valence-corrected chi connectivity index (χ2v) is 5.25. The molecule has 0 radical (unpaired) electrons. The van der Waals surface area contributed by atoms with E-state index in [1.807, 2.05) is 6.92 Å². The lowest BCUT2D eigenvalue weighted by Crippen LogP contribution is -2.43. The van der Waals surface area contributed by atoms with Gasteiger partial charge in [0.2, 0.25) is 0 Å². The second kappa shape index (κ2) is 4.96. The summed E-state index contributed by atoms with van der Waals surface area (Å²) in [5.41, 5.74) is -1.24. The van der Waals surface area contributed by atoms with Crippen molar-refractivity contribution in [2.75, 3.05) is 13.1 Å². The minimum absolute atomic E-state index is 0.140. The first-order valence-corrected chi connectivity index (χ1v) is 6.26. The minimum atomic E-state index is -4.41. The number of hydrogen-bond acceptors (Lipinski definition) is 2. The van der Waals surface area contributed by atoms with Gasteiger partial charge in [-0.1, -0.05) is 19.1 Å². The van der Waals surface area contributed by atoms with Gasteiger partial charge in [-0.2, -0.15) is 13.2 Å². The van der Waals surface area contributed by atoms with E-state index >= 15 is 0 Å². The van der Waals surface area contributed by atoms with Gasteiger partial charge in [-0.25, -0.2) is 0 Å². The van der Waals surface area contributed by atoms with Crippen LogP contribution in [0.4, 0.5) is 13.2 Å². The van der Waals surface area contributed by atoms with Crippen LogP contribution < -0.4 is 5.32 Å². The van der Waals surface area contributed by atoms with Gasteiger partial charge in [-0.05, 0) is 31.5 Å². The second-order valence-electron chi connectivity index (χ2n) is 5.25. The fraction of sp³-hybridized carbons (Fsp3) is 0.500. The third-order valence-corrected chi connectivity index (χ3v) is 3.60. The third kappa shape index (κ3) is 2.97. The van der Waals surface area contributed by atoms with Gasteiger partial charge in [0.25, 0.3) is 0 Å². The first kappa shape index (κ1) is 14.1. The van der Waals surface area contributed by atoms with Crippen LogP contribution in [-0.2, 0) is 6.18 Å². The molecule has 1 aromatic rings. The van der Waals surface area contributed by atoms with Crippen LogP contribution in [-0.4, -0.2) is 18.9 Å². The monoisotopic (exact) mass is 271 g/mol. The molecule has 1 heterocycles. The van der Waals surface area contributed by atoms with Gasteiger partial charge in [0.05, 0.1) is 5.56 Å². The smallest absolute Gasteiger partial charge is 0.316 e. The highest BCUT2D eigenvalue weighted by molar-refractivity contribution is 6.00. The Balaban J connectivity index is 2.29. The number of nitrogens with one attached hydrogen (secondary N) is 1. The van der Waals surface area contributed by atoms with Gasteiger partial charge in [-0.3, -0.25) is 4.79 Å². The Morgan fingerprint density at radius 2 is 2.11 bits per heavy atom. The van der Waals surface area contributed by atoms with Crippen molar-refractivity contribution in [3.63, 3.8) is 0 Å². The molecule has 1 aliphatic rings. The first-order valence-electron chi connectivity index (χ1n) is 6.26. The summed E-state index contributed by atoms with van der Waals surface area (Å²) >= 11 is 0. The van der Waals surface area contributed by atoms with Crippen molar-refractivity contribution < 1.29 is 18.0 Å². The zero-order chi connectivity index (χ0) is 14.1. The zero-order valence-corrected chi connectivity index (χ0v) is 10.7. The predicted molar refractivity (Wildman–Crippen MR) is 66.0 cm³/mol. The molecule has 5 heteroatoms. The van der Waals surface area contributed by atoms with Crippen LogP contribution in [0.1, 0.15) is 35.7 Å². The summed E-state index contributed by atoms with van der Waals surface area (Å²) in [7, 11) is 0. The molecule has 1 aliphatic heterocycles. The van der Waals surface area contributed by atoms with Crippen molar-refractivity contribution in [1.82, 2.24) is 5.32 Å². The van der Waals surface area contributed by atoms with E-state index in [1.165, 1.54) is 12.1 Å². The molecule has 1 atom stereocenters. The fourth-order valence-corrected chi connectivity index (χ4v) is 2.44. The number of Topliss-reactive ketones (excluding diaryl/α,β-unsaturated/α-hetero) is 1. The van der Waals surface area contributed by atoms with E-state index in [0.29, 0.717) is 13.0 Å². The SMILES string of the molecule is CC1(C(=O)c2cccc(C(F)(F)F)c2)CCCNC1. The largest absolute Gasteiger partial charge is 0.416 e. The molecule has 1 aromatic carbocycles. The quantitative estimate of drug-likeness (QED) is 0.836. The highest BCUT2D eigenvalue weighted by Crippen LogP contribution is 2.33. The molecule has 104 valence electrons. The molecule has 1 unspecified atom stereocenters. The van der Waals surface area contributed by atoms with Gasteiger partial charge >= 0.3 is 6.18 Å². The van der Waals surface area contributed by atoms with Crippen LogP contribution in [0.15, 0.2) is 24.3 Å². The van der Waals surface area contributed by atoms with Crippen LogP contribution in [0, 0.1) is 5.41 Å². The van der Waals surface area contributed by atoms with Crippen LogP contribution in [0.25, 0.3) is 0 Å². The Hall–Kier alpha value is -1.36. The third-order valence-electron chi connectivity index (χ3n) is 3.60. The minimum Gasteiger partial charge on any atom is -0.316 e. The maximum atomic E-state index is 12.6. The molecular formula is C14H16F3NO. The molecule has 0 aromatic heterocycles. The average molecular weight is 271 g/mol. The summed E-state index contributed by atoms with van der Waals surface area (Å²) in [5.74, 6) is -0.217. The van der Waals surface area contributed by atoms with Gasteiger partial charge in [0.1, 0.15) is 0 Å². The average Bonchev–Trinajstić information content (AvgIpc) is 2.38. The zero-order valence-electron chi connectivity index (χ0n) is 10.7. The molecular weight excluding hydrogens is 255 g/mol. The standard InChI is InChI=1S/C14H16F3NO/c1-13(6-3-7-18-9-13)12(19)10-4-2-5-11(8-10)14(15,16)17/h2,4-5,8,18H,3,6-7,9H2,1H3. The van der Waals surface area contributed by atoms with Gasteiger partial charge in [-0.15, -0.1) is 0 Å². The summed E-state index contributed by atoms with van der Waals surface area (Å²) < 4.78 is 37.9. The predicted octanol–water partition coefficient (Wildman–Crippen LogP) is 3.28. The fourth-order valence-electron chi connectivity index (χ4n) is 2.44. The number of rotatable bonds is 2. The number of carbonyl (C=O) groups is 1. The highest BCUT2D eigenvalue weighted by Gasteiger charge is 2.36. The molecule has 0 saturated carbocycles. The van der Waals surface area contributed by atoms with Crippen LogP contribution in [0.5, 0.6) is 0 Å². The molecule has 2 nitrogen and oxygen atoms in total. The Kier molecular flexibility index (Phi) is 3.67. The molecule has 0 amide bonds. The van der Waals surface area contributed by atoms with Crippen molar-refractivity contribution >= 4 is 5.78 Å². The summed E-state index contributed by atoms with van der Waals surface area (Å²) in [6.45, 7) is 3.18. The Morgan fingerprint density at radius 3 is 2.68 bits per heavy atom. The summed E-state index contributed by atoms with van der Waals surface area (Å²) in [6, 6.07) is 4.67. The lowest BCUT2D eigenvalue weighted by atomic mass is 9.76. The summed E-state index contributed by atoms with van der Waals surface area (Å²) in [5, 5.41) is 3.13. The summed E-state index contributed by atoms with van der Waals surface area (Å²) in [6.07, 6.45) is -2.85. The molecule has 1 saturated heterocycles. The molecule has 2 rings (SSSR count). The number of hydrogen-bond donors (Lipinski definition) is 1. The lowest BCUT2D eigenvalue weighted by Gasteiger charge is -2.32. The van der Waals surface area contributed by atoms with Crippen molar-refractivity contribution in [3.8, 4) is 0 Å². The number of halogens is 3. The first-order chi connectivity index (χ1) is 8.83. The van der Waals surface area contributed by atoms with E-state index in [9.17, 15) is 18.0 Å². The Labute approximate surface area is 110 Å². The number of piperidine rings is 1. The van der Waals surface area contributed by atoms with Crippen LogP contribution >= 0.6 is 0 Å². The molecule has 0 aliphatic carbocycles.